The first-order chi connectivity index (χ1) is 6.63. The fraction of sp³-hybridized carbons (Fsp3) is 0.400. The maximum Gasteiger partial charge on any atom is 0.133 e. The van der Waals surface area contributed by atoms with E-state index in [1.165, 1.54) is 5.56 Å². The van der Waals surface area contributed by atoms with Crippen LogP contribution in [0, 0.1) is 0 Å². The van der Waals surface area contributed by atoms with Crippen LogP contribution in [-0.4, -0.2) is 26.2 Å². The van der Waals surface area contributed by atoms with Gasteiger partial charge in [-0.2, -0.15) is 0 Å². The maximum absolute atomic E-state index is 5.15. The molecule has 1 aromatic rings. The standard InChI is InChI=1S/C10H15BrN2O/c1-13(2)12-7-8-4-5-10(14-3)9(11)6-8/h4-6,12H,7H2,1-3H3. The molecule has 1 N–H and O–H groups in total. The van der Waals surface area contributed by atoms with E-state index in [2.05, 4.69) is 27.4 Å². The largest absolute Gasteiger partial charge is 0.496 e. The van der Waals surface area contributed by atoms with Crippen molar-refractivity contribution in [2.45, 2.75) is 6.54 Å². The second kappa shape index (κ2) is 5.34. The van der Waals surface area contributed by atoms with E-state index >= 15 is 0 Å². The number of nitrogens with one attached hydrogen (secondary N) is 1. The molecular formula is C10H15BrN2O. The highest BCUT2D eigenvalue weighted by Crippen LogP contribution is 2.25. The van der Waals surface area contributed by atoms with Crippen molar-refractivity contribution in [3.63, 3.8) is 0 Å². The normalized spacial score (nSPS) is 10.6. The van der Waals surface area contributed by atoms with Gasteiger partial charge in [-0.25, -0.2) is 0 Å². The molecule has 0 saturated heterocycles. The molecule has 0 unspecified atom stereocenters. The molecule has 0 fully saturated rings. The van der Waals surface area contributed by atoms with Crippen LogP contribution in [-0.2, 0) is 6.54 Å². The minimum Gasteiger partial charge on any atom is -0.496 e. The third-order valence-corrected chi connectivity index (χ3v) is 2.44. The quantitative estimate of drug-likeness (QED) is 0.837. The average Bonchev–Trinajstić information content (AvgIpc) is 2.15. The molecule has 0 aliphatic carbocycles. The lowest BCUT2D eigenvalue weighted by molar-refractivity contribution is 0.286. The highest BCUT2D eigenvalue weighted by molar-refractivity contribution is 9.10. The van der Waals surface area contributed by atoms with Crippen molar-refractivity contribution in [1.82, 2.24) is 10.4 Å². The van der Waals surface area contributed by atoms with E-state index in [1.807, 2.05) is 31.2 Å². The van der Waals surface area contributed by atoms with E-state index in [-0.39, 0.29) is 0 Å². The van der Waals surface area contributed by atoms with Crippen LogP contribution in [0.4, 0.5) is 0 Å². The summed E-state index contributed by atoms with van der Waals surface area (Å²) in [7, 11) is 5.61. The second-order valence-corrected chi connectivity index (χ2v) is 4.05. The summed E-state index contributed by atoms with van der Waals surface area (Å²) in [5, 5.41) is 1.93. The lowest BCUT2D eigenvalue weighted by Gasteiger charge is -2.12. The van der Waals surface area contributed by atoms with Crippen molar-refractivity contribution in [3.8, 4) is 5.75 Å². The van der Waals surface area contributed by atoms with Gasteiger partial charge in [-0.3, -0.25) is 10.4 Å². The van der Waals surface area contributed by atoms with Crippen molar-refractivity contribution in [2.75, 3.05) is 21.2 Å². The summed E-state index contributed by atoms with van der Waals surface area (Å²) in [4.78, 5) is 0. The van der Waals surface area contributed by atoms with Gasteiger partial charge in [0.2, 0.25) is 0 Å². The van der Waals surface area contributed by atoms with Gasteiger partial charge >= 0.3 is 0 Å². The highest BCUT2D eigenvalue weighted by Gasteiger charge is 2.00. The molecule has 0 heterocycles. The fourth-order valence-electron chi connectivity index (χ4n) is 1.07. The zero-order valence-corrected chi connectivity index (χ0v) is 10.3. The molecule has 3 nitrogen and oxygen atoms in total. The molecule has 0 saturated carbocycles. The summed E-state index contributed by atoms with van der Waals surface area (Å²) in [5.74, 6) is 0.860. The zero-order chi connectivity index (χ0) is 10.6. The molecule has 0 spiro atoms. The Morgan fingerprint density at radius 3 is 2.64 bits per heavy atom. The van der Waals surface area contributed by atoms with E-state index < -0.39 is 0 Å². The maximum atomic E-state index is 5.15. The van der Waals surface area contributed by atoms with Crippen molar-refractivity contribution >= 4 is 15.9 Å². The van der Waals surface area contributed by atoms with Gasteiger partial charge in [-0.1, -0.05) is 6.07 Å². The molecule has 0 aromatic heterocycles. The Morgan fingerprint density at radius 1 is 1.43 bits per heavy atom. The Labute approximate surface area is 93.2 Å². The zero-order valence-electron chi connectivity index (χ0n) is 8.67. The molecular weight excluding hydrogens is 244 g/mol. The predicted molar refractivity (Wildman–Crippen MR) is 61.2 cm³/mol. The van der Waals surface area contributed by atoms with E-state index in [4.69, 9.17) is 4.74 Å². The Kier molecular flexibility index (Phi) is 4.38. The first-order valence-electron chi connectivity index (χ1n) is 4.36. The molecule has 0 radical (unpaired) electrons. The van der Waals surface area contributed by atoms with Crippen molar-refractivity contribution in [3.05, 3.63) is 28.2 Å². The number of ether oxygens (including phenoxy) is 1. The summed E-state index contributed by atoms with van der Waals surface area (Å²) in [6, 6.07) is 6.05. The van der Waals surface area contributed by atoms with Gasteiger partial charge in [0.15, 0.2) is 0 Å². The Hall–Kier alpha value is -0.580. The lowest BCUT2D eigenvalue weighted by atomic mass is 10.2. The molecule has 0 atom stereocenters. The minimum atomic E-state index is 0.815. The van der Waals surface area contributed by atoms with E-state index in [0.29, 0.717) is 0 Å². The first kappa shape index (κ1) is 11.5. The average molecular weight is 259 g/mol. The van der Waals surface area contributed by atoms with Gasteiger partial charge < -0.3 is 4.74 Å². The van der Waals surface area contributed by atoms with Crippen LogP contribution in [0.3, 0.4) is 0 Å². The van der Waals surface area contributed by atoms with Gasteiger partial charge in [0, 0.05) is 20.6 Å². The third kappa shape index (κ3) is 3.29. The molecule has 0 aliphatic rings. The molecule has 14 heavy (non-hydrogen) atoms. The molecule has 1 aromatic carbocycles. The van der Waals surface area contributed by atoms with Gasteiger partial charge in [-0.05, 0) is 33.6 Å². The fourth-order valence-corrected chi connectivity index (χ4v) is 1.66. The number of benzene rings is 1. The van der Waals surface area contributed by atoms with Gasteiger partial charge in [0.25, 0.3) is 0 Å². The van der Waals surface area contributed by atoms with E-state index in [1.54, 1.807) is 7.11 Å². The number of nitrogens with zero attached hydrogens (tertiary/aromatic N) is 1. The number of methoxy groups -OCH3 is 1. The van der Waals surface area contributed by atoms with Gasteiger partial charge in [0.1, 0.15) is 5.75 Å². The number of halogens is 1. The Balaban J connectivity index is 2.66. The summed E-state index contributed by atoms with van der Waals surface area (Å²) < 4.78 is 6.13. The smallest absolute Gasteiger partial charge is 0.133 e. The van der Waals surface area contributed by atoms with Crippen LogP contribution in [0.2, 0.25) is 0 Å². The molecule has 0 aliphatic heterocycles. The molecule has 0 amide bonds. The van der Waals surface area contributed by atoms with Crippen LogP contribution in [0.1, 0.15) is 5.56 Å². The topological polar surface area (TPSA) is 24.5 Å². The number of hydrazine groups is 1. The SMILES string of the molecule is COc1ccc(CNN(C)C)cc1Br. The van der Waals surface area contributed by atoms with Gasteiger partial charge in [-0.15, -0.1) is 0 Å². The highest BCUT2D eigenvalue weighted by atomic mass is 79.9. The first-order valence-corrected chi connectivity index (χ1v) is 5.16. The second-order valence-electron chi connectivity index (χ2n) is 3.20. The Morgan fingerprint density at radius 2 is 2.14 bits per heavy atom. The molecule has 78 valence electrons. The van der Waals surface area contributed by atoms with Crippen LogP contribution < -0.4 is 10.2 Å². The van der Waals surface area contributed by atoms with Crippen molar-refractivity contribution in [2.24, 2.45) is 0 Å². The lowest BCUT2D eigenvalue weighted by Crippen LogP contribution is -2.29. The summed E-state index contributed by atoms with van der Waals surface area (Å²) in [6.07, 6.45) is 0. The third-order valence-electron chi connectivity index (χ3n) is 1.82. The van der Waals surface area contributed by atoms with Crippen LogP contribution in [0.15, 0.2) is 22.7 Å². The van der Waals surface area contributed by atoms with Crippen molar-refractivity contribution in [1.29, 1.82) is 0 Å². The van der Waals surface area contributed by atoms with E-state index in [9.17, 15) is 0 Å². The molecule has 0 bridgehead atoms. The van der Waals surface area contributed by atoms with Crippen LogP contribution >= 0.6 is 15.9 Å². The van der Waals surface area contributed by atoms with Crippen molar-refractivity contribution < 1.29 is 4.74 Å². The summed E-state index contributed by atoms with van der Waals surface area (Å²) in [6.45, 7) is 0.815. The number of rotatable bonds is 4. The Bertz CT molecular complexity index is 302. The predicted octanol–water partition coefficient (Wildman–Crippen LogP) is 2.02. The van der Waals surface area contributed by atoms with Crippen LogP contribution in [0.5, 0.6) is 5.75 Å². The summed E-state index contributed by atoms with van der Waals surface area (Å²) in [5.41, 5.74) is 4.41. The van der Waals surface area contributed by atoms with E-state index in [0.717, 1.165) is 16.8 Å². The monoisotopic (exact) mass is 258 g/mol. The van der Waals surface area contributed by atoms with Crippen LogP contribution in [0.25, 0.3) is 0 Å². The number of hydrogen-bond acceptors (Lipinski definition) is 3. The molecule has 1 rings (SSSR count). The van der Waals surface area contributed by atoms with Gasteiger partial charge in [0.05, 0.1) is 11.6 Å². The number of hydrogen-bond donors (Lipinski definition) is 1. The summed E-state index contributed by atoms with van der Waals surface area (Å²) >= 11 is 3.45. The minimum absolute atomic E-state index is 0.815. The molecule has 4 heteroatoms.